The molecule has 1 aliphatic heterocycles. The minimum atomic E-state index is -3.57. The molecule has 0 unspecified atom stereocenters. The van der Waals surface area contributed by atoms with Gasteiger partial charge < -0.3 is 5.32 Å². The molecule has 0 spiro atoms. The first-order valence-corrected chi connectivity index (χ1v) is 11.5. The standard InChI is InChI=1S/C22H26N2O3S/c1-2-24-20-14-13-16(22(25)23-17-9-5-3-4-6-10-17)15-19(20)18-11-7-8-12-21(18)28(24,26)27/h7-8,11-15,17H,2-6,9-10H2,1H3,(H,23,25). The smallest absolute Gasteiger partial charge is 0.264 e. The second-order valence-corrected chi connectivity index (χ2v) is 9.39. The van der Waals surface area contributed by atoms with E-state index in [1.54, 1.807) is 24.3 Å². The Morgan fingerprint density at radius 1 is 1.04 bits per heavy atom. The molecule has 0 atom stereocenters. The Morgan fingerprint density at radius 3 is 2.46 bits per heavy atom. The van der Waals surface area contributed by atoms with Gasteiger partial charge in [0.25, 0.3) is 15.9 Å². The molecule has 4 rings (SSSR count). The van der Waals surface area contributed by atoms with Crippen molar-refractivity contribution in [3.8, 4) is 11.1 Å². The van der Waals surface area contributed by atoms with Crippen molar-refractivity contribution in [1.82, 2.24) is 5.32 Å². The van der Waals surface area contributed by atoms with Crippen LogP contribution in [0.1, 0.15) is 55.8 Å². The fourth-order valence-electron chi connectivity index (χ4n) is 4.31. The van der Waals surface area contributed by atoms with Gasteiger partial charge in [0.2, 0.25) is 0 Å². The second-order valence-electron chi connectivity index (χ2n) is 7.56. The lowest BCUT2D eigenvalue weighted by atomic mass is 9.99. The topological polar surface area (TPSA) is 66.5 Å². The second kappa shape index (κ2) is 7.59. The van der Waals surface area contributed by atoms with Crippen LogP contribution in [0, 0.1) is 0 Å². The molecular formula is C22H26N2O3S. The zero-order valence-corrected chi connectivity index (χ0v) is 17.0. The highest BCUT2D eigenvalue weighted by Gasteiger charge is 2.34. The molecule has 2 aromatic rings. The number of hydrogen-bond donors (Lipinski definition) is 1. The lowest BCUT2D eigenvalue weighted by Crippen LogP contribution is -2.35. The molecule has 6 heteroatoms. The fourth-order valence-corrected chi connectivity index (χ4v) is 6.01. The summed E-state index contributed by atoms with van der Waals surface area (Å²) >= 11 is 0. The number of carbonyl (C=O) groups is 1. The molecule has 1 amide bonds. The third-order valence-corrected chi connectivity index (χ3v) is 7.70. The van der Waals surface area contributed by atoms with E-state index in [9.17, 15) is 13.2 Å². The van der Waals surface area contributed by atoms with Crippen molar-refractivity contribution in [2.45, 2.75) is 56.4 Å². The number of amides is 1. The maximum Gasteiger partial charge on any atom is 0.264 e. The number of sulfonamides is 1. The molecule has 0 bridgehead atoms. The molecular weight excluding hydrogens is 372 g/mol. The minimum Gasteiger partial charge on any atom is -0.349 e. The zero-order chi connectivity index (χ0) is 19.7. The average molecular weight is 399 g/mol. The molecule has 2 aromatic carbocycles. The zero-order valence-electron chi connectivity index (χ0n) is 16.1. The van der Waals surface area contributed by atoms with Crippen LogP contribution in [0.25, 0.3) is 11.1 Å². The van der Waals surface area contributed by atoms with E-state index in [2.05, 4.69) is 5.32 Å². The van der Waals surface area contributed by atoms with Crippen LogP contribution in [0.4, 0.5) is 5.69 Å². The number of anilines is 1. The molecule has 1 N–H and O–H groups in total. The van der Waals surface area contributed by atoms with E-state index in [1.165, 1.54) is 17.1 Å². The summed E-state index contributed by atoms with van der Waals surface area (Å²) in [5.41, 5.74) is 2.66. The van der Waals surface area contributed by atoms with Gasteiger partial charge in [-0.3, -0.25) is 9.10 Å². The van der Waals surface area contributed by atoms with Crippen LogP contribution in [0.15, 0.2) is 47.4 Å². The summed E-state index contributed by atoms with van der Waals surface area (Å²) in [6.07, 6.45) is 6.85. The van der Waals surface area contributed by atoms with Crippen molar-refractivity contribution in [2.75, 3.05) is 10.8 Å². The number of fused-ring (bicyclic) bond motifs is 3. The fraction of sp³-hybridized carbons (Fsp3) is 0.409. The summed E-state index contributed by atoms with van der Waals surface area (Å²) in [7, 11) is -3.57. The molecule has 1 fully saturated rings. The first kappa shape index (κ1) is 19.0. The SMILES string of the molecule is CCN1c2ccc(C(=O)NC3CCCCCC3)cc2-c2ccccc2S1(=O)=O. The van der Waals surface area contributed by atoms with Crippen molar-refractivity contribution in [1.29, 1.82) is 0 Å². The minimum absolute atomic E-state index is 0.0799. The van der Waals surface area contributed by atoms with Crippen LogP contribution in [-0.2, 0) is 10.0 Å². The highest BCUT2D eigenvalue weighted by molar-refractivity contribution is 7.93. The van der Waals surface area contributed by atoms with Crippen LogP contribution >= 0.6 is 0 Å². The van der Waals surface area contributed by atoms with Crippen LogP contribution in [0.3, 0.4) is 0 Å². The molecule has 5 nitrogen and oxygen atoms in total. The average Bonchev–Trinajstić information content (AvgIpc) is 2.96. The van der Waals surface area contributed by atoms with Gasteiger partial charge in [0, 0.05) is 29.3 Å². The van der Waals surface area contributed by atoms with Gasteiger partial charge in [-0.25, -0.2) is 8.42 Å². The molecule has 148 valence electrons. The van der Waals surface area contributed by atoms with Gasteiger partial charge in [-0.1, -0.05) is 43.9 Å². The molecule has 0 aromatic heterocycles. The van der Waals surface area contributed by atoms with Crippen molar-refractivity contribution in [3.05, 3.63) is 48.0 Å². The highest BCUT2D eigenvalue weighted by Crippen LogP contribution is 2.43. The Morgan fingerprint density at radius 2 is 1.75 bits per heavy atom. The Balaban J connectivity index is 1.71. The first-order valence-electron chi connectivity index (χ1n) is 10.1. The molecule has 0 saturated heterocycles. The third-order valence-electron chi connectivity index (χ3n) is 5.75. The Kier molecular flexibility index (Phi) is 5.15. The monoisotopic (exact) mass is 398 g/mol. The molecule has 2 aliphatic rings. The van der Waals surface area contributed by atoms with Crippen LogP contribution in [0.5, 0.6) is 0 Å². The van der Waals surface area contributed by atoms with Gasteiger partial charge in [0.05, 0.1) is 10.6 Å². The normalized spacial score (nSPS) is 18.7. The molecule has 1 saturated carbocycles. The van der Waals surface area contributed by atoms with Gasteiger partial charge in [-0.15, -0.1) is 0 Å². The predicted molar refractivity (Wildman–Crippen MR) is 111 cm³/mol. The summed E-state index contributed by atoms with van der Waals surface area (Å²) in [5.74, 6) is -0.0799. The summed E-state index contributed by atoms with van der Waals surface area (Å²) in [5, 5.41) is 3.18. The Hall–Kier alpha value is -2.34. The van der Waals surface area contributed by atoms with Crippen LogP contribution in [0.2, 0.25) is 0 Å². The maximum absolute atomic E-state index is 13.0. The Labute approximate surface area is 166 Å². The quantitative estimate of drug-likeness (QED) is 0.783. The van der Waals surface area contributed by atoms with Gasteiger partial charge in [0.1, 0.15) is 0 Å². The first-order chi connectivity index (χ1) is 13.5. The van der Waals surface area contributed by atoms with Gasteiger partial charge in [-0.05, 0) is 44.0 Å². The highest BCUT2D eigenvalue weighted by atomic mass is 32.2. The van der Waals surface area contributed by atoms with Crippen molar-refractivity contribution in [2.24, 2.45) is 0 Å². The van der Waals surface area contributed by atoms with Crippen LogP contribution < -0.4 is 9.62 Å². The van der Waals surface area contributed by atoms with Gasteiger partial charge in [-0.2, -0.15) is 0 Å². The van der Waals surface area contributed by atoms with Gasteiger partial charge in [0.15, 0.2) is 0 Å². The van der Waals surface area contributed by atoms with E-state index >= 15 is 0 Å². The molecule has 0 radical (unpaired) electrons. The van der Waals surface area contributed by atoms with Gasteiger partial charge >= 0.3 is 0 Å². The number of hydrogen-bond acceptors (Lipinski definition) is 3. The largest absolute Gasteiger partial charge is 0.349 e. The van der Waals surface area contributed by atoms with Crippen molar-refractivity contribution in [3.63, 3.8) is 0 Å². The van der Waals surface area contributed by atoms with E-state index < -0.39 is 10.0 Å². The number of nitrogens with zero attached hydrogens (tertiary/aromatic N) is 1. The summed E-state index contributed by atoms with van der Waals surface area (Å²) in [6.45, 7) is 2.17. The third kappa shape index (κ3) is 3.30. The van der Waals surface area contributed by atoms with Crippen molar-refractivity contribution < 1.29 is 13.2 Å². The van der Waals surface area contributed by atoms with E-state index in [0.29, 0.717) is 28.3 Å². The summed E-state index contributed by atoms with van der Waals surface area (Å²) < 4.78 is 27.3. The maximum atomic E-state index is 13.0. The van der Waals surface area contributed by atoms with E-state index in [0.717, 1.165) is 31.2 Å². The number of nitrogens with one attached hydrogen (secondary N) is 1. The molecule has 28 heavy (non-hydrogen) atoms. The number of carbonyl (C=O) groups excluding carboxylic acids is 1. The van der Waals surface area contributed by atoms with E-state index in [1.807, 2.05) is 25.1 Å². The van der Waals surface area contributed by atoms with Crippen molar-refractivity contribution >= 4 is 21.6 Å². The lowest BCUT2D eigenvalue weighted by molar-refractivity contribution is 0.0933. The molecule has 1 heterocycles. The van der Waals surface area contributed by atoms with E-state index in [-0.39, 0.29) is 11.9 Å². The lowest BCUT2D eigenvalue weighted by Gasteiger charge is -2.31. The number of benzene rings is 2. The predicted octanol–water partition coefficient (Wildman–Crippen LogP) is 4.33. The summed E-state index contributed by atoms with van der Waals surface area (Å²) in [4.78, 5) is 13.2. The van der Waals surface area contributed by atoms with E-state index in [4.69, 9.17) is 0 Å². The molecule has 1 aliphatic carbocycles. The van der Waals surface area contributed by atoms with Crippen LogP contribution in [-0.4, -0.2) is 26.9 Å². The number of rotatable bonds is 3. The Bertz CT molecular complexity index is 993. The summed E-state index contributed by atoms with van der Waals surface area (Å²) in [6, 6.07) is 12.6.